The zero-order chi connectivity index (χ0) is 31.5. The van der Waals surface area contributed by atoms with E-state index in [0.29, 0.717) is 11.4 Å². The lowest BCUT2D eigenvalue weighted by Crippen LogP contribution is -1.96. The summed E-state index contributed by atoms with van der Waals surface area (Å²) in [4.78, 5) is 26.5. The molecule has 0 amide bonds. The van der Waals surface area contributed by atoms with Crippen LogP contribution in [0.5, 0.6) is 0 Å². The zero-order valence-electron chi connectivity index (χ0n) is 26.0. The predicted molar refractivity (Wildman–Crippen MR) is 171 cm³/mol. The fourth-order valence-corrected chi connectivity index (χ4v) is 5.09. The van der Waals surface area contributed by atoms with Gasteiger partial charge >= 0.3 is 0 Å². The van der Waals surface area contributed by atoms with E-state index in [-0.39, 0.29) is 5.82 Å². The fourth-order valence-electron chi connectivity index (χ4n) is 5.09. The Morgan fingerprint density at radius 3 is 1.00 bits per heavy atom. The topological polar surface area (TPSA) is 77.3 Å². The van der Waals surface area contributed by atoms with Gasteiger partial charge in [0.2, 0.25) is 0 Å². The second kappa shape index (κ2) is 11.5. The Kier molecular flexibility index (Phi) is 6.11. The summed E-state index contributed by atoms with van der Waals surface area (Å²) in [5.41, 5.74) is 9.80. The van der Waals surface area contributed by atoms with Crippen molar-refractivity contribution in [3.63, 3.8) is 0 Å². The Balaban J connectivity index is 1.45. The Morgan fingerprint density at radius 2 is 0.721 bits per heavy atom. The van der Waals surface area contributed by atoms with E-state index < -0.39 is 6.85 Å². The van der Waals surface area contributed by atoms with Gasteiger partial charge in [-0.3, -0.25) is 19.9 Å². The summed E-state index contributed by atoms with van der Waals surface area (Å²) in [6.45, 7) is -2.54. The monoisotopic (exact) mass is 557 g/mol. The molecule has 5 heterocycles. The maximum absolute atomic E-state index is 8.27. The van der Waals surface area contributed by atoms with Crippen molar-refractivity contribution in [2.24, 2.45) is 0 Å². The Bertz CT molecular complexity index is 1860. The van der Waals surface area contributed by atoms with Crippen molar-refractivity contribution in [1.29, 1.82) is 0 Å². The molecule has 7 rings (SSSR count). The SMILES string of the molecule is [2H]C([2H])([2H])c1nc(-c2cc(-c3cccnc3)cc(-c3cccnc3)c2)cc(-c2cc(-c3cccnc3)cc(-c3cccnc3)c2)n1. The lowest BCUT2D eigenvalue weighted by Gasteiger charge is -2.13. The molecular formula is C37H26N6. The van der Waals surface area contributed by atoms with Gasteiger partial charge in [-0.1, -0.05) is 24.3 Å². The summed E-state index contributed by atoms with van der Waals surface area (Å²) in [5, 5.41) is 0. The van der Waals surface area contributed by atoms with Gasteiger partial charge in [-0.25, -0.2) is 9.97 Å². The number of pyridine rings is 4. The summed E-state index contributed by atoms with van der Waals surface area (Å²) in [5.74, 6) is -0.232. The van der Waals surface area contributed by atoms with Crippen LogP contribution in [0, 0.1) is 6.85 Å². The van der Waals surface area contributed by atoms with Crippen molar-refractivity contribution in [1.82, 2.24) is 29.9 Å². The largest absolute Gasteiger partial charge is 0.264 e. The van der Waals surface area contributed by atoms with E-state index in [2.05, 4.69) is 42.0 Å². The molecule has 0 N–H and O–H groups in total. The molecule has 0 spiro atoms. The van der Waals surface area contributed by atoms with Crippen molar-refractivity contribution in [3.8, 4) is 67.0 Å². The van der Waals surface area contributed by atoms with Crippen LogP contribution >= 0.6 is 0 Å². The van der Waals surface area contributed by atoms with Crippen LogP contribution in [0.1, 0.15) is 9.94 Å². The van der Waals surface area contributed by atoms with E-state index in [1.165, 1.54) is 0 Å². The van der Waals surface area contributed by atoms with E-state index in [0.717, 1.165) is 55.6 Å². The predicted octanol–water partition coefficient (Wildman–Crippen LogP) is 8.37. The van der Waals surface area contributed by atoms with Gasteiger partial charge in [0.25, 0.3) is 0 Å². The van der Waals surface area contributed by atoms with Crippen LogP contribution in [0.3, 0.4) is 0 Å². The molecule has 0 atom stereocenters. The van der Waals surface area contributed by atoms with Gasteiger partial charge in [0.1, 0.15) is 5.82 Å². The third-order valence-electron chi connectivity index (χ3n) is 7.16. The van der Waals surface area contributed by atoms with E-state index in [9.17, 15) is 0 Å². The summed E-state index contributed by atoms with van der Waals surface area (Å²) >= 11 is 0. The quantitative estimate of drug-likeness (QED) is 0.204. The standard InChI is InChI=1S/C37H26N6/c1-25-42-36(34-16-30(26-6-2-10-38-21-26)14-31(17-34)27-7-3-11-39-22-27)20-37(43-25)35-18-32(28-8-4-12-40-23-28)15-33(19-35)29-9-5-13-41-24-29/h2-24H,1H3/i1D3. The molecule has 0 saturated heterocycles. The lowest BCUT2D eigenvalue weighted by atomic mass is 9.94. The molecule has 7 aromatic rings. The van der Waals surface area contributed by atoms with Crippen molar-refractivity contribution in [2.75, 3.05) is 0 Å². The van der Waals surface area contributed by atoms with E-state index >= 15 is 0 Å². The van der Waals surface area contributed by atoms with Crippen LogP contribution in [-0.2, 0) is 0 Å². The van der Waals surface area contributed by atoms with Crippen LogP contribution in [0.4, 0.5) is 0 Å². The van der Waals surface area contributed by atoms with E-state index in [1.807, 2.05) is 78.9 Å². The van der Waals surface area contributed by atoms with Crippen LogP contribution in [0.2, 0.25) is 0 Å². The lowest BCUT2D eigenvalue weighted by molar-refractivity contribution is 1.06. The van der Waals surface area contributed by atoms with Gasteiger partial charge in [-0.05, 0) is 95.8 Å². The van der Waals surface area contributed by atoms with E-state index in [4.69, 9.17) is 4.11 Å². The van der Waals surface area contributed by atoms with Gasteiger partial charge in [-0.15, -0.1) is 0 Å². The minimum Gasteiger partial charge on any atom is -0.264 e. The van der Waals surface area contributed by atoms with Crippen LogP contribution in [0.25, 0.3) is 67.0 Å². The second-order valence-corrected chi connectivity index (χ2v) is 10.0. The molecule has 43 heavy (non-hydrogen) atoms. The average Bonchev–Trinajstić information content (AvgIpc) is 3.12. The third kappa shape index (κ3) is 5.67. The molecule has 6 nitrogen and oxygen atoms in total. The zero-order valence-corrected chi connectivity index (χ0v) is 23.0. The minimum absolute atomic E-state index is 0.232. The van der Waals surface area contributed by atoms with E-state index in [1.54, 1.807) is 49.6 Å². The number of hydrogen-bond acceptors (Lipinski definition) is 6. The first-order chi connectivity index (χ1) is 22.4. The van der Waals surface area contributed by atoms with Gasteiger partial charge in [-0.2, -0.15) is 0 Å². The highest BCUT2D eigenvalue weighted by Gasteiger charge is 2.14. The molecule has 204 valence electrons. The minimum atomic E-state index is -2.54. The van der Waals surface area contributed by atoms with Crippen LogP contribution < -0.4 is 0 Å². The molecule has 6 heteroatoms. The molecule has 0 bridgehead atoms. The molecule has 0 unspecified atom stereocenters. The van der Waals surface area contributed by atoms with Crippen LogP contribution in [0.15, 0.2) is 141 Å². The molecule has 0 radical (unpaired) electrons. The normalized spacial score (nSPS) is 12.2. The second-order valence-electron chi connectivity index (χ2n) is 10.0. The number of rotatable bonds is 6. The number of nitrogens with zero attached hydrogens (tertiary/aromatic N) is 6. The smallest absolute Gasteiger partial charge is 0.126 e. The van der Waals surface area contributed by atoms with Crippen molar-refractivity contribution >= 4 is 0 Å². The Morgan fingerprint density at radius 1 is 0.395 bits per heavy atom. The molecule has 0 saturated carbocycles. The van der Waals surface area contributed by atoms with Gasteiger partial charge < -0.3 is 0 Å². The van der Waals surface area contributed by atoms with Crippen LogP contribution in [-0.4, -0.2) is 29.9 Å². The maximum Gasteiger partial charge on any atom is 0.126 e. The number of aromatic nitrogens is 6. The summed E-state index contributed by atoms with van der Waals surface area (Å²) in [6.07, 6.45) is 14.1. The first-order valence-corrected chi connectivity index (χ1v) is 13.7. The molecule has 0 fully saturated rings. The molecule has 0 aliphatic heterocycles. The average molecular weight is 558 g/mol. The van der Waals surface area contributed by atoms with Gasteiger partial charge in [0.05, 0.1) is 11.4 Å². The molecule has 0 aliphatic carbocycles. The maximum atomic E-state index is 8.27. The summed E-state index contributed by atoms with van der Waals surface area (Å²) < 4.78 is 24.8. The van der Waals surface area contributed by atoms with Gasteiger partial charge in [0, 0.05) is 87.1 Å². The summed E-state index contributed by atoms with van der Waals surface area (Å²) in [7, 11) is 0. The molecular weight excluding hydrogens is 528 g/mol. The highest BCUT2D eigenvalue weighted by Crippen LogP contribution is 2.35. The van der Waals surface area contributed by atoms with Crippen molar-refractivity contribution in [2.45, 2.75) is 6.85 Å². The third-order valence-corrected chi connectivity index (χ3v) is 7.16. The highest BCUT2D eigenvalue weighted by atomic mass is 14.9. The number of hydrogen-bond donors (Lipinski definition) is 0. The first-order valence-electron chi connectivity index (χ1n) is 15.2. The molecule has 0 aliphatic rings. The number of aryl methyl sites for hydroxylation is 1. The molecule has 5 aromatic heterocycles. The highest BCUT2D eigenvalue weighted by molar-refractivity contribution is 5.83. The Labute approximate surface area is 254 Å². The van der Waals surface area contributed by atoms with Crippen molar-refractivity contribution in [3.05, 3.63) is 146 Å². The summed E-state index contributed by atoms with van der Waals surface area (Å²) in [6, 6.07) is 29.5. The van der Waals surface area contributed by atoms with Crippen molar-refractivity contribution < 1.29 is 4.11 Å². The van der Waals surface area contributed by atoms with Gasteiger partial charge in [0.15, 0.2) is 0 Å². The Hall–Kier alpha value is -5.88. The first kappa shape index (κ1) is 22.8. The molecule has 2 aromatic carbocycles. The fraction of sp³-hybridized carbons (Fsp3) is 0.0270. The number of benzene rings is 2.